The number of likely N-dealkylation sites (tertiary alicyclic amines) is 1. The van der Waals surface area contributed by atoms with Gasteiger partial charge in [0, 0.05) is 31.2 Å². The van der Waals surface area contributed by atoms with E-state index in [1.54, 1.807) is 0 Å². The zero-order valence-electron chi connectivity index (χ0n) is 15.3. The molecule has 5 heteroatoms. The first-order valence-electron chi connectivity index (χ1n) is 9.41. The Morgan fingerprint density at radius 2 is 1.88 bits per heavy atom. The minimum absolute atomic E-state index is 0.0450. The Morgan fingerprint density at radius 1 is 1.12 bits per heavy atom. The fourth-order valence-electron chi connectivity index (χ4n) is 3.95. The Kier molecular flexibility index (Phi) is 5.74. The average Bonchev–Trinajstić information content (AvgIpc) is 2.61. The van der Waals surface area contributed by atoms with Gasteiger partial charge in [-0.3, -0.25) is 9.59 Å². The molecule has 2 amide bonds. The molecule has 136 valence electrons. The first-order valence-corrected chi connectivity index (χ1v) is 9.41. The molecule has 0 aliphatic carbocycles. The molecule has 25 heavy (non-hydrogen) atoms. The number of hydrogen-bond donors (Lipinski definition) is 2. The number of nitrogens with one attached hydrogen (secondary N) is 2. The molecule has 2 saturated heterocycles. The Labute approximate surface area is 150 Å². The molecule has 0 spiro atoms. The lowest BCUT2D eigenvalue weighted by Gasteiger charge is -2.33. The Morgan fingerprint density at radius 3 is 2.56 bits per heavy atom. The highest BCUT2D eigenvalue weighted by atomic mass is 16.2. The molecule has 2 N–H and O–H groups in total. The number of amides is 2. The Hall–Kier alpha value is -1.88. The number of carbonyl (C=O) groups excluding carboxylic acids is 2. The summed E-state index contributed by atoms with van der Waals surface area (Å²) < 4.78 is 0. The maximum absolute atomic E-state index is 12.8. The lowest BCUT2D eigenvalue weighted by Crippen LogP contribution is -2.51. The van der Waals surface area contributed by atoms with Gasteiger partial charge in [0.1, 0.15) is 0 Å². The maximum atomic E-state index is 12.8. The van der Waals surface area contributed by atoms with Gasteiger partial charge in [0.2, 0.25) is 5.91 Å². The molecule has 1 aromatic carbocycles. The lowest BCUT2D eigenvalue weighted by molar-refractivity contribution is -0.127. The van der Waals surface area contributed by atoms with Crippen molar-refractivity contribution in [3.05, 3.63) is 34.9 Å². The average molecular weight is 343 g/mol. The summed E-state index contributed by atoms with van der Waals surface area (Å²) in [5.41, 5.74) is 2.92. The first kappa shape index (κ1) is 17.9. The quantitative estimate of drug-likeness (QED) is 0.883. The van der Waals surface area contributed by atoms with Crippen molar-refractivity contribution in [2.45, 2.75) is 45.6 Å². The van der Waals surface area contributed by atoms with E-state index in [0.29, 0.717) is 6.54 Å². The van der Waals surface area contributed by atoms with Gasteiger partial charge in [0.25, 0.3) is 5.91 Å². The second-order valence-electron chi connectivity index (χ2n) is 7.52. The third-order valence-electron chi connectivity index (χ3n) is 5.19. The fourth-order valence-corrected chi connectivity index (χ4v) is 3.95. The van der Waals surface area contributed by atoms with Gasteiger partial charge in [-0.05, 0) is 58.2 Å². The number of benzene rings is 1. The van der Waals surface area contributed by atoms with E-state index in [1.807, 2.05) is 30.9 Å². The van der Waals surface area contributed by atoms with E-state index in [2.05, 4.69) is 16.7 Å². The second kappa shape index (κ2) is 8.00. The number of piperidine rings is 2. The van der Waals surface area contributed by atoms with E-state index in [4.69, 9.17) is 0 Å². The highest BCUT2D eigenvalue weighted by molar-refractivity contribution is 5.95. The van der Waals surface area contributed by atoms with Gasteiger partial charge in [-0.2, -0.15) is 0 Å². The smallest absolute Gasteiger partial charge is 0.253 e. The molecule has 0 bridgehead atoms. The number of carbonyl (C=O) groups is 2. The van der Waals surface area contributed by atoms with Crippen LogP contribution in [-0.2, 0) is 4.79 Å². The molecule has 2 unspecified atom stereocenters. The summed E-state index contributed by atoms with van der Waals surface area (Å²) in [5, 5.41) is 6.49. The van der Waals surface area contributed by atoms with E-state index in [9.17, 15) is 9.59 Å². The molecular weight excluding hydrogens is 314 g/mol. The monoisotopic (exact) mass is 343 g/mol. The van der Waals surface area contributed by atoms with Gasteiger partial charge in [0.05, 0.1) is 5.92 Å². The van der Waals surface area contributed by atoms with Gasteiger partial charge >= 0.3 is 0 Å². The molecule has 2 fully saturated rings. The molecule has 2 heterocycles. The fraction of sp³-hybridized carbons (Fsp3) is 0.600. The molecule has 5 nitrogen and oxygen atoms in total. The maximum Gasteiger partial charge on any atom is 0.253 e. The van der Waals surface area contributed by atoms with Crippen LogP contribution in [0.25, 0.3) is 0 Å². The highest BCUT2D eigenvalue weighted by Crippen LogP contribution is 2.20. The molecule has 2 atom stereocenters. The van der Waals surface area contributed by atoms with Crippen LogP contribution in [0.3, 0.4) is 0 Å². The van der Waals surface area contributed by atoms with Gasteiger partial charge in [0.15, 0.2) is 0 Å². The zero-order chi connectivity index (χ0) is 17.8. The van der Waals surface area contributed by atoms with Crippen molar-refractivity contribution >= 4 is 11.8 Å². The predicted molar refractivity (Wildman–Crippen MR) is 98.6 cm³/mol. The highest BCUT2D eigenvalue weighted by Gasteiger charge is 2.30. The summed E-state index contributed by atoms with van der Waals surface area (Å²) in [6.45, 7) is 7.17. The Bertz CT molecular complexity index is 618. The van der Waals surface area contributed by atoms with Crippen LogP contribution in [-0.4, -0.2) is 48.9 Å². The van der Waals surface area contributed by atoms with E-state index in [-0.39, 0.29) is 23.8 Å². The van der Waals surface area contributed by atoms with Crippen LogP contribution >= 0.6 is 0 Å². The third-order valence-corrected chi connectivity index (χ3v) is 5.19. The molecule has 0 radical (unpaired) electrons. The summed E-state index contributed by atoms with van der Waals surface area (Å²) in [4.78, 5) is 27.3. The first-order chi connectivity index (χ1) is 12.0. The topological polar surface area (TPSA) is 61.4 Å². The molecule has 2 aliphatic heterocycles. The van der Waals surface area contributed by atoms with E-state index >= 15 is 0 Å². The molecular formula is C20H29N3O2. The molecule has 0 aromatic heterocycles. The molecule has 2 aliphatic rings. The largest absolute Gasteiger partial charge is 0.352 e. The van der Waals surface area contributed by atoms with Crippen LogP contribution in [0.1, 0.15) is 47.2 Å². The molecule has 0 saturated carbocycles. The summed E-state index contributed by atoms with van der Waals surface area (Å²) in [5.74, 6) is 0.0563. The van der Waals surface area contributed by atoms with Crippen molar-refractivity contribution in [1.29, 1.82) is 0 Å². The zero-order valence-corrected chi connectivity index (χ0v) is 15.3. The van der Waals surface area contributed by atoms with Crippen LogP contribution in [0.5, 0.6) is 0 Å². The number of nitrogens with zero attached hydrogens (tertiary/aromatic N) is 1. The van der Waals surface area contributed by atoms with E-state index < -0.39 is 0 Å². The third kappa shape index (κ3) is 4.60. The van der Waals surface area contributed by atoms with Crippen LogP contribution in [0, 0.1) is 19.8 Å². The lowest BCUT2D eigenvalue weighted by atomic mass is 9.95. The second-order valence-corrected chi connectivity index (χ2v) is 7.52. The molecule has 1 aromatic rings. The van der Waals surface area contributed by atoms with Gasteiger partial charge < -0.3 is 15.5 Å². The van der Waals surface area contributed by atoms with Crippen LogP contribution in [0.2, 0.25) is 0 Å². The van der Waals surface area contributed by atoms with Gasteiger partial charge in [-0.25, -0.2) is 0 Å². The van der Waals surface area contributed by atoms with Crippen molar-refractivity contribution in [1.82, 2.24) is 15.5 Å². The van der Waals surface area contributed by atoms with Crippen molar-refractivity contribution < 1.29 is 9.59 Å². The van der Waals surface area contributed by atoms with Crippen LogP contribution < -0.4 is 10.6 Å². The SMILES string of the molecule is Cc1cc(C)cc(C(=O)N2CCCC(C(=O)NC3CCCNC3)C2)c1. The van der Waals surface area contributed by atoms with Crippen molar-refractivity contribution in [2.75, 3.05) is 26.2 Å². The predicted octanol–water partition coefficient (Wildman–Crippen LogP) is 2.02. The van der Waals surface area contributed by atoms with Crippen molar-refractivity contribution in [3.8, 4) is 0 Å². The standard InChI is InChI=1S/C20H29N3O2/c1-14-9-15(2)11-17(10-14)20(25)23-8-4-5-16(13-23)19(24)22-18-6-3-7-21-12-18/h9-11,16,18,21H,3-8,12-13H2,1-2H3,(H,22,24). The summed E-state index contributed by atoms with van der Waals surface area (Å²) in [6, 6.07) is 6.17. The minimum Gasteiger partial charge on any atom is -0.352 e. The van der Waals surface area contributed by atoms with E-state index in [0.717, 1.165) is 62.0 Å². The van der Waals surface area contributed by atoms with Crippen LogP contribution in [0.4, 0.5) is 0 Å². The summed E-state index contributed by atoms with van der Waals surface area (Å²) >= 11 is 0. The number of rotatable bonds is 3. The minimum atomic E-state index is -0.0921. The number of hydrogen-bond acceptors (Lipinski definition) is 3. The number of aryl methyl sites for hydroxylation is 2. The normalized spacial score (nSPS) is 24.0. The molecule has 3 rings (SSSR count). The van der Waals surface area contributed by atoms with E-state index in [1.165, 1.54) is 0 Å². The van der Waals surface area contributed by atoms with Gasteiger partial charge in [-0.1, -0.05) is 17.2 Å². The van der Waals surface area contributed by atoms with Gasteiger partial charge in [-0.15, -0.1) is 0 Å². The summed E-state index contributed by atoms with van der Waals surface area (Å²) in [6.07, 6.45) is 3.89. The Balaban J connectivity index is 1.61. The van der Waals surface area contributed by atoms with Crippen molar-refractivity contribution in [2.24, 2.45) is 5.92 Å². The summed E-state index contributed by atoms with van der Waals surface area (Å²) in [7, 11) is 0. The van der Waals surface area contributed by atoms with Crippen molar-refractivity contribution in [3.63, 3.8) is 0 Å². The van der Waals surface area contributed by atoms with Crippen LogP contribution in [0.15, 0.2) is 18.2 Å².